The summed E-state index contributed by atoms with van der Waals surface area (Å²) in [4.78, 5) is 39.2. The lowest BCUT2D eigenvalue weighted by Crippen LogP contribution is -2.46. The number of thiocarbonyl (C=S) groups is 1. The summed E-state index contributed by atoms with van der Waals surface area (Å²) in [6, 6.07) is 8.93. The molecule has 2 saturated carbocycles. The van der Waals surface area contributed by atoms with Crippen LogP contribution in [0.15, 0.2) is 30.3 Å². The van der Waals surface area contributed by atoms with Crippen LogP contribution in [0, 0.1) is 11.8 Å². The van der Waals surface area contributed by atoms with E-state index < -0.39 is 0 Å². The summed E-state index contributed by atoms with van der Waals surface area (Å²) in [5, 5.41) is 13.0. The molecule has 4 N–H and O–H groups in total. The molecule has 1 unspecified atom stereocenters. The van der Waals surface area contributed by atoms with Crippen molar-refractivity contribution >= 4 is 51.4 Å². The van der Waals surface area contributed by atoms with Gasteiger partial charge in [0.1, 0.15) is 5.00 Å². The standard InChI is InChI=1S/C25H28N4O3S2/c30-21(16-8-9-16)28-24-20(23(32)26-13-14-6-7-14)18-12-17(10-11-19(18)34-24)27-25(33)29-22(31)15-4-2-1-3-5-15/h1-5,14,16-17H,6-13H2,(H,26,32)(H,28,30)(H2,27,29,31,33). The summed E-state index contributed by atoms with van der Waals surface area (Å²) in [5.74, 6) is 0.283. The first-order valence-electron chi connectivity index (χ1n) is 11.9. The van der Waals surface area contributed by atoms with E-state index in [2.05, 4.69) is 21.3 Å². The third-order valence-electron chi connectivity index (χ3n) is 6.52. The minimum absolute atomic E-state index is 0.00682. The fourth-order valence-corrected chi connectivity index (χ4v) is 5.73. The molecule has 2 aromatic rings. The lowest BCUT2D eigenvalue weighted by molar-refractivity contribution is -0.117. The summed E-state index contributed by atoms with van der Waals surface area (Å²) in [5.41, 5.74) is 2.12. The van der Waals surface area contributed by atoms with E-state index in [4.69, 9.17) is 12.2 Å². The Morgan fingerprint density at radius 3 is 2.47 bits per heavy atom. The van der Waals surface area contributed by atoms with Gasteiger partial charge in [0.15, 0.2) is 5.11 Å². The summed E-state index contributed by atoms with van der Waals surface area (Å²) in [6.45, 7) is 0.677. The van der Waals surface area contributed by atoms with Crippen LogP contribution in [0.5, 0.6) is 0 Å². The molecule has 5 rings (SSSR count). The van der Waals surface area contributed by atoms with Crippen molar-refractivity contribution in [1.29, 1.82) is 0 Å². The fraction of sp³-hybridized carbons (Fsp3) is 0.440. The second-order valence-electron chi connectivity index (χ2n) is 9.36. The molecule has 1 atom stereocenters. The fourth-order valence-electron chi connectivity index (χ4n) is 4.23. The van der Waals surface area contributed by atoms with E-state index in [0.717, 1.165) is 49.0 Å². The van der Waals surface area contributed by atoms with E-state index in [1.807, 2.05) is 6.07 Å². The van der Waals surface area contributed by atoms with Crippen LogP contribution in [0.1, 0.15) is 63.3 Å². The van der Waals surface area contributed by atoms with Crippen molar-refractivity contribution in [2.75, 3.05) is 11.9 Å². The Morgan fingerprint density at radius 2 is 1.76 bits per heavy atom. The number of benzene rings is 1. The highest BCUT2D eigenvalue weighted by Gasteiger charge is 2.34. The Bertz CT molecular complexity index is 1120. The molecule has 3 amide bonds. The molecular weight excluding hydrogens is 468 g/mol. The Balaban J connectivity index is 1.28. The molecule has 34 heavy (non-hydrogen) atoms. The molecule has 3 aliphatic carbocycles. The van der Waals surface area contributed by atoms with Gasteiger partial charge in [-0.25, -0.2) is 0 Å². The van der Waals surface area contributed by atoms with Gasteiger partial charge in [0.2, 0.25) is 5.91 Å². The number of carbonyl (C=O) groups excluding carboxylic acids is 3. The molecule has 1 aromatic carbocycles. The zero-order chi connectivity index (χ0) is 23.7. The molecule has 0 radical (unpaired) electrons. The van der Waals surface area contributed by atoms with Crippen LogP contribution >= 0.6 is 23.6 Å². The van der Waals surface area contributed by atoms with Crippen LogP contribution in [0.25, 0.3) is 0 Å². The second kappa shape index (κ2) is 9.84. The Morgan fingerprint density at radius 1 is 1.00 bits per heavy atom. The van der Waals surface area contributed by atoms with Crippen molar-refractivity contribution in [2.45, 2.75) is 51.0 Å². The van der Waals surface area contributed by atoms with Crippen molar-refractivity contribution in [3.8, 4) is 0 Å². The van der Waals surface area contributed by atoms with Gasteiger partial charge in [0, 0.05) is 28.9 Å². The van der Waals surface area contributed by atoms with E-state index in [1.54, 1.807) is 24.3 Å². The Hall–Kier alpha value is -2.78. The van der Waals surface area contributed by atoms with Crippen LogP contribution in [-0.2, 0) is 17.6 Å². The lowest BCUT2D eigenvalue weighted by atomic mass is 9.91. The molecule has 3 aliphatic rings. The SMILES string of the molecule is O=C(NC(=S)NC1CCc2sc(NC(=O)C3CC3)c(C(=O)NCC3CC3)c2C1)c1ccccc1. The largest absolute Gasteiger partial charge is 0.359 e. The Labute approximate surface area is 208 Å². The minimum atomic E-state index is -0.254. The van der Waals surface area contributed by atoms with Crippen molar-refractivity contribution in [2.24, 2.45) is 11.8 Å². The van der Waals surface area contributed by atoms with Gasteiger partial charge >= 0.3 is 0 Å². The quantitative estimate of drug-likeness (QED) is 0.441. The summed E-state index contributed by atoms with van der Waals surface area (Å²) >= 11 is 6.91. The molecule has 7 nitrogen and oxygen atoms in total. The number of anilines is 1. The van der Waals surface area contributed by atoms with Gasteiger partial charge in [-0.3, -0.25) is 19.7 Å². The monoisotopic (exact) mass is 496 g/mol. The van der Waals surface area contributed by atoms with E-state index in [9.17, 15) is 14.4 Å². The first-order valence-corrected chi connectivity index (χ1v) is 13.1. The maximum atomic E-state index is 13.2. The van der Waals surface area contributed by atoms with Crippen molar-refractivity contribution in [1.82, 2.24) is 16.0 Å². The van der Waals surface area contributed by atoms with Gasteiger partial charge in [-0.1, -0.05) is 18.2 Å². The maximum Gasteiger partial charge on any atom is 0.257 e. The third-order valence-corrected chi connectivity index (χ3v) is 7.95. The highest BCUT2D eigenvalue weighted by atomic mass is 32.1. The van der Waals surface area contributed by atoms with Gasteiger partial charge in [-0.15, -0.1) is 11.3 Å². The second-order valence-corrected chi connectivity index (χ2v) is 10.9. The van der Waals surface area contributed by atoms with Gasteiger partial charge in [-0.2, -0.15) is 0 Å². The number of carbonyl (C=O) groups is 3. The zero-order valence-electron chi connectivity index (χ0n) is 18.8. The van der Waals surface area contributed by atoms with E-state index in [0.29, 0.717) is 35.0 Å². The van der Waals surface area contributed by atoms with Gasteiger partial charge < -0.3 is 16.0 Å². The molecule has 9 heteroatoms. The smallest absolute Gasteiger partial charge is 0.257 e. The molecule has 2 fully saturated rings. The number of hydrogen-bond acceptors (Lipinski definition) is 5. The van der Waals surface area contributed by atoms with Crippen molar-refractivity contribution in [3.05, 3.63) is 51.9 Å². The van der Waals surface area contributed by atoms with Crippen LogP contribution in [-0.4, -0.2) is 35.4 Å². The lowest BCUT2D eigenvalue weighted by Gasteiger charge is -2.25. The predicted molar refractivity (Wildman–Crippen MR) is 136 cm³/mol. The van der Waals surface area contributed by atoms with Crippen molar-refractivity contribution in [3.63, 3.8) is 0 Å². The number of nitrogens with one attached hydrogen (secondary N) is 4. The topological polar surface area (TPSA) is 99.3 Å². The Kier molecular flexibility index (Phi) is 6.65. The molecule has 1 heterocycles. The van der Waals surface area contributed by atoms with E-state index >= 15 is 0 Å². The van der Waals surface area contributed by atoms with Gasteiger partial charge in [-0.05, 0) is 80.8 Å². The number of thiophene rings is 1. The predicted octanol–water partition coefficient (Wildman–Crippen LogP) is 3.40. The summed E-state index contributed by atoms with van der Waals surface area (Å²) < 4.78 is 0. The highest BCUT2D eigenvalue weighted by molar-refractivity contribution is 7.80. The van der Waals surface area contributed by atoms with Gasteiger partial charge in [0.05, 0.1) is 5.56 Å². The maximum absolute atomic E-state index is 13.2. The average molecular weight is 497 g/mol. The van der Waals surface area contributed by atoms with Crippen LogP contribution in [0.3, 0.4) is 0 Å². The molecular formula is C25H28N4O3S2. The first-order chi connectivity index (χ1) is 16.5. The zero-order valence-corrected chi connectivity index (χ0v) is 20.4. The van der Waals surface area contributed by atoms with Crippen LogP contribution < -0.4 is 21.3 Å². The molecule has 0 bridgehead atoms. The number of aryl methyl sites for hydroxylation is 1. The minimum Gasteiger partial charge on any atom is -0.359 e. The molecule has 0 aliphatic heterocycles. The normalized spacial score (nSPS) is 19.0. The molecule has 178 valence electrons. The number of fused-ring (bicyclic) bond motifs is 1. The summed E-state index contributed by atoms with van der Waals surface area (Å²) in [7, 11) is 0. The van der Waals surface area contributed by atoms with Crippen molar-refractivity contribution < 1.29 is 14.4 Å². The van der Waals surface area contributed by atoms with Gasteiger partial charge in [0.25, 0.3) is 11.8 Å². The number of amides is 3. The first kappa shape index (κ1) is 23.0. The molecule has 0 saturated heterocycles. The molecule has 1 aromatic heterocycles. The van der Waals surface area contributed by atoms with E-state index in [-0.39, 0.29) is 34.8 Å². The average Bonchev–Trinajstić information content (AvgIpc) is 3.74. The highest BCUT2D eigenvalue weighted by Crippen LogP contribution is 2.40. The number of hydrogen-bond donors (Lipinski definition) is 4. The van der Waals surface area contributed by atoms with Crippen LogP contribution in [0.2, 0.25) is 0 Å². The van der Waals surface area contributed by atoms with E-state index in [1.165, 1.54) is 11.3 Å². The third kappa shape index (κ3) is 5.47. The number of rotatable bonds is 7. The summed E-state index contributed by atoms with van der Waals surface area (Å²) in [6.07, 6.45) is 6.37. The van der Waals surface area contributed by atoms with Crippen LogP contribution in [0.4, 0.5) is 5.00 Å². The molecule has 0 spiro atoms.